The molecular formula is C24H20ClF3N4O2S. The van der Waals surface area contributed by atoms with Crippen LogP contribution >= 0.6 is 23.4 Å². The zero-order chi connectivity index (χ0) is 24.9. The molecule has 182 valence electrons. The number of carbonyl (C=O) groups is 2. The van der Waals surface area contributed by atoms with E-state index in [-0.39, 0.29) is 34.3 Å². The van der Waals surface area contributed by atoms with Gasteiger partial charge in [-0.05, 0) is 73.2 Å². The summed E-state index contributed by atoms with van der Waals surface area (Å²) in [6.45, 7) is 1.43. The van der Waals surface area contributed by atoms with Gasteiger partial charge in [-0.3, -0.25) is 19.2 Å². The van der Waals surface area contributed by atoms with Crippen molar-refractivity contribution < 1.29 is 22.8 Å². The lowest BCUT2D eigenvalue weighted by atomic mass is 10.1. The molecule has 3 aromatic rings. The van der Waals surface area contributed by atoms with Gasteiger partial charge in [-0.1, -0.05) is 23.7 Å². The molecule has 6 nitrogen and oxygen atoms in total. The van der Waals surface area contributed by atoms with Crippen LogP contribution in [-0.4, -0.2) is 56.9 Å². The van der Waals surface area contributed by atoms with Gasteiger partial charge >= 0.3 is 6.18 Å². The highest BCUT2D eigenvalue weighted by Crippen LogP contribution is 2.36. The van der Waals surface area contributed by atoms with Crippen molar-refractivity contribution in [3.63, 3.8) is 0 Å². The number of likely N-dealkylation sites (N-methyl/N-ethyl adjacent to an activating group) is 1. The number of aromatic nitrogens is 2. The number of hydrogen-bond donors (Lipinski definition) is 0. The molecule has 2 amide bonds. The third-order valence-electron chi connectivity index (χ3n) is 6.22. The molecule has 1 atom stereocenters. The largest absolute Gasteiger partial charge is 0.416 e. The van der Waals surface area contributed by atoms with Gasteiger partial charge in [-0.25, -0.2) is 0 Å². The number of alkyl halides is 3. The summed E-state index contributed by atoms with van der Waals surface area (Å²) >= 11 is 6.70. The number of likely N-dealkylation sites (tertiary alicyclic amines) is 1. The molecule has 35 heavy (non-hydrogen) atoms. The molecule has 2 aliphatic heterocycles. The van der Waals surface area contributed by atoms with E-state index in [9.17, 15) is 22.8 Å². The first-order chi connectivity index (χ1) is 16.6. The van der Waals surface area contributed by atoms with Crippen molar-refractivity contribution in [2.45, 2.75) is 25.2 Å². The number of benzene rings is 2. The predicted octanol–water partition coefficient (Wildman–Crippen LogP) is 5.50. The lowest BCUT2D eigenvalue weighted by Gasteiger charge is -2.20. The summed E-state index contributed by atoms with van der Waals surface area (Å²) in [6.07, 6.45) is -0.541. The fourth-order valence-corrected chi connectivity index (χ4v) is 5.57. The highest BCUT2D eigenvalue weighted by Gasteiger charge is 2.41. The Morgan fingerprint density at radius 2 is 2.00 bits per heavy atom. The fraction of sp³-hybridized carbons (Fsp3) is 0.292. The molecule has 2 aromatic carbocycles. The van der Waals surface area contributed by atoms with Gasteiger partial charge in [-0.2, -0.15) is 18.3 Å². The van der Waals surface area contributed by atoms with E-state index in [0.717, 1.165) is 30.8 Å². The summed E-state index contributed by atoms with van der Waals surface area (Å²) in [6, 6.07) is 8.86. The zero-order valence-electron chi connectivity index (χ0n) is 18.6. The summed E-state index contributed by atoms with van der Waals surface area (Å²) in [5.41, 5.74) is 0.609. The monoisotopic (exact) mass is 520 g/mol. The Balaban J connectivity index is 1.40. The van der Waals surface area contributed by atoms with Gasteiger partial charge < -0.3 is 4.90 Å². The molecule has 0 bridgehead atoms. The number of halogens is 4. The van der Waals surface area contributed by atoms with Gasteiger partial charge in [0.2, 0.25) is 0 Å². The summed E-state index contributed by atoms with van der Waals surface area (Å²) in [7, 11) is 1.96. The normalized spacial score (nSPS) is 20.7. The predicted molar refractivity (Wildman–Crippen MR) is 129 cm³/mol. The molecule has 1 aromatic heterocycles. The minimum absolute atomic E-state index is 0.0143. The Hall–Kier alpha value is -2.82. The molecule has 1 unspecified atom stereocenters. The molecule has 2 aliphatic rings. The topological polar surface area (TPSA) is 58.4 Å². The number of thioether (sulfide) groups is 1. The van der Waals surface area contributed by atoms with E-state index in [1.165, 1.54) is 21.7 Å². The maximum absolute atomic E-state index is 13.5. The van der Waals surface area contributed by atoms with Gasteiger partial charge in [0, 0.05) is 17.0 Å². The summed E-state index contributed by atoms with van der Waals surface area (Å²) in [4.78, 5) is 29.2. The molecule has 5 rings (SSSR count). The van der Waals surface area contributed by atoms with Crippen LogP contribution in [0.3, 0.4) is 0 Å². The van der Waals surface area contributed by atoms with Crippen LogP contribution < -0.4 is 0 Å². The van der Waals surface area contributed by atoms with E-state index in [2.05, 4.69) is 10.00 Å². The average Bonchev–Trinajstić information content (AvgIpc) is 3.46. The van der Waals surface area contributed by atoms with Crippen molar-refractivity contribution in [3.05, 3.63) is 69.2 Å². The molecule has 11 heteroatoms. The van der Waals surface area contributed by atoms with Crippen LogP contribution in [0.2, 0.25) is 5.02 Å². The molecule has 0 aliphatic carbocycles. The van der Waals surface area contributed by atoms with Crippen molar-refractivity contribution in [3.8, 4) is 0 Å². The van der Waals surface area contributed by atoms with Gasteiger partial charge in [0.05, 0.1) is 34.8 Å². The molecule has 2 fully saturated rings. The molecular weight excluding hydrogens is 501 g/mol. The van der Waals surface area contributed by atoms with E-state index >= 15 is 0 Å². The van der Waals surface area contributed by atoms with Gasteiger partial charge in [0.25, 0.3) is 11.1 Å². The van der Waals surface area contributed by atoms with Crippen molar-refractivity contribution in [1.82, 2.24) is 19.6 Å². The second kappa shape index (κ2) is 9.00. The van der Waals surface area contributed by atoms with Crippen LogP contribution in [-0.2, 0) is 17.5 Å². The molecule has 0 saturated carbocycles. The summed E-state index contributed by atoms with van der Waals surface area (Å²) in [5, 5.41) is 4.72. The standard InChI is InChI=1S/C24H20ClF3N4O2S/c1-30-7-6-18(13-30)32-22(33)21(35-23(32)34)9-14-2-5-20-16(8-14)11-29-31(20)12-15-3-4-17(25)10-19(15)24(26,27)28/h2-5,8-11,18H,6-7,12-13H2,1H3/b21-9-. The lowest BCUT2D eigenvalue weighted by molar-refractivity contribution is -0.138. The number of hydrogen-bond acceptors (Lipinski definition) is 5. The third kappa shape index (κ3) is 4.70. The van der Waals surface area contributed by atoms with E-state index in [4.69, 9.17) is 11.6 Å². The van der Waals surface area contributed by atoms with Gasteiger partial charge in [0.15, 0.2) is 0 Å². The number of rotatable bonds is 4. The van der Waals surface area contributed by atoms with Gasteiger partial charge in [0.1, 0.15) is 0 Å². The first-order valence-electron chi connectivity index (χ1n) is 10.9. The average molecular weight is 521 g/mol. The van der Waals surface area contributed by atoms with Gasteiger partial charge in [-0.15, -0.1) is 0 Å². The molecule has 3 heterocycles. The minimum atomic E-state index is -4.53. The van der Waals surface area contributed by atoms with E-state index < -0.39 is 11.7 Å². The number of imide groups is 1. The highest BCUT2D eigenvalue weighted by molar-refractivity contribution is 8.18. The van der Waals surface area contributed by atoms with E-state index in [1.54, 1.807) is 30.5 Å². The summed E-state index contributed by atoms with van der Waals surface area (Å²) < 4.78 is 41.9. The Labute approximate surface area is 208 Å². The van der Waals surface area contributed by atoms with Crippen LogP contribution in [0.5, 0.6) is 0 Å². The van der Waals surface area contributed by atoms with E-state index in [1.807, 2.05) is 7.05 Å². The number of fused-ring (bicyclic) bond motifs is 1. The minimum Gasteiger partial charge on any atom is -0.304 e. The third-order valence-corrected chi connectivity index (χ3v) is 7.34. The fourth-order valence-electron chi connectivity index (χ4n) is 4.50. The van der Waals surface area contributed by atoms with Crippen molar-refractivity contribution >= 4 is 51.5 Å². The first kappa shape index (κ1) is 23.9. The first-order valence-corrected chi connectivity index (χ1v) is 12.1. The Bertz CT molecular complexity index is 1370. The van der Waals surface area contributed by atoms with Crippen molar-refractivity contribution in [2.24, 2.45) is 0 Å². The van der Waals surface area contributed by atoms with E-state index in [0.29, 0.717) is 27.9 Å². The number of carbonyl (C=O) groups excluding carboxylic acids is 2. The molecule has 0 spiro atoms. The number of nitrogens with zero attached hydrogens (tertiary/aromatic N) is 4. The Kier molecular flexibility index (Phi) is 6.14. The van der Waals surface area contributed by atoms with Crippen LogP contribution in [0.1, 0.15) is 23.1 Å². The van der Waals surface area contributed by atoms with Crippen molar-refractivity contribution in [2.75, 3.05) is 20.1 Å². The smallest absolute Gasteiger partial charge is 0.304 e. The van der Waals surface area contributed by atoms with Crippen LogP contribution in [0.4, 0.5) is 18.0 Å². The molecule has 0 radical (unpaired) electrons. The number of amides is 2. The second-order valence-electron chi connectivity index (χ2n) is 8.68. The lowest BCUT2D eigenvalue weighted by Crippen LogP contribution is -2.40. The summed E-state index contributed by atoms with van der Waals surface area (Å²) in [5.74, 6) is -0.293. The second-order valence-corrected chi connectivity index (χ2v) is 10.1. The molecule has 2 saturated heterocycles. The van der Waals surface area contributed by atoms with Crippen LogP contribution in [0, 0.1) is 0 Å². The maximum Gasteiger partial charge on any atom is 0.416 e. The SMILES string of the molecule is CN1CCC(N2C(=O)S/C(=C\c3ccc4c(cnn4Cc4ccc(Cl)cc4C(F)(F)F)c3)C2=O)C1. The molecule has 0 N–H and O–H groups in total. The van der Waals surface area contributed by atoms with Crippen molar-refractivity contribution in [1.29, 1.82) is 0 Å². The quantitative estimate of drug-likeness (QED) is 0.425. The Morgan fingerprint density at radius 3 is 2.71 bits per heavy atom. The maximum atomic E-state index is 13.5. The zero-order valence-corrected chi connectivity index (χ0v) is 20.1. The van der Waals surface area contributed by atoms with Crippen LogP contribution in [0.25, 0.3) is 17.0 Å². The van der Waals surface area contributed by atoms with Crippen LogP contribution in [0.15, 0.2) is 47.5 Å². The highest BCUT2D eigenvalue weighted by atomic mass is 35.5. The Morgan fingerprint density at radius 1 is 1.20 bits per heavy atom.